The molecule has 0 fully saturated rings. The van der Waals surface area contributed by atoms with Gasteiger partial charge in [0.05, 0.1) is 19.8 Å². The zero-order valence-corrected chi connectivity index (χ0v) is 16.9. The van der Waals surface area contributed by atoms with Crippen LogP contribution in [0, 0.1) is 0 Å². The van der Waals surface area contributed by atoms with Crippen LogP contribution >= 0.6 is 11.8 Å². The fourth-order valence-corrected chi connectivity index (χ4v) is 3.08. The number of nitrogens with zero attached hydrogens (tertiary/aromatic N) is 3. The van der Waals surface area contributed by atoms with Gasteiger partial charge in [0.1, 0.15) is 0 Å². The first-order valence-electron chi connectivity index (χ1n) is 8.76. The van der Waals surface area contributed by atoms with E-state index in [0.717, 1.165) is 17.9 Å². The quantitative estimate of drug-likeness (QED) is 0.547. The Morgan fingerprint density at radius 1 is 0.962 bits per heavy atom. The Bertz CT molecular complexity index is 664. The maximum atomic E-state index is 5.79. The average Bonchev–Trinajstić information content (AvgIpc) is 3.06. The summed E-state index contributed by atoms with van der Waals surface area (Å²) in [5.41, 5.74) is 0.743. The van der Waals surface area contributed by atoms with Gasteiger partial charge in [-0.2, -0.15) is 0 Å². The fraction of sp³-hybridized carbons (Fsp3) is 0.556. The number of rotatable bonds is 11. The Balaban J connectivity index is 2.29. The molecule has 2 aromatic rings. The van der Waals surface area contributed by atoms with Crippen molar-refractivity contribution in [3.63, 3.8) is 0 Å². The molecule has 0 saturated carbocycles. The van der Waals surface area contributed by atoms with Gasteiger partial charge in [0, 0.05) is 17.9 Å². The molecule has 1 aromatic heterocycles. The summed E-state index contributed by atoms with van der Waals surface area (Å²) in [6, 6.07) is 3.69. The molecule has 0 atom stereocenters. The normalized spacial score (nSPS) is 11.0. The van der Waals surface area contributed by atoms with Gasteiger partial charge in [-0.3, -0.25) is 0 Å². The van der Waals surface area contributed by atoms with E-state index in [-0.39, 0.29) is 0 Å². The first kappa shape index (κ1) is 20.4. The maximum Gasteiger partial charge on any atom is 0.276 e. The SMILES string of the molecule is CCOc1cc(-c2nnc(SCCN(C)C)o2)cc(OCC)c1OCC. The summed E-state index contributed by atoms with van der Waals surface area (Å²) in [6.07, 6.45) is 0. The molecular weight excluding hydrogens is 354 g/mol. The number of aromatic nitrogens is 2. The van der Waals surface area contributed by atoms with Crippen LogP contribution in [0.5, 0.6) is 17.2 Å². The van der Waals surface area contributed by atoms with Crippen LogP contribution in [0.15, 0.2) is 21.8 Å². The van der Waals surface area contributed by atoms with Crippen molar-refractivity contribution in [2.45, 2.75) is 26.0 Å². The van der Waals surface area contributed by atoms with E-state index in [4.69, 9.17) is 18.6 Å². The van der Waals surface area contributed by atoms with Crippen LogP contribution in [0.3, 0.4) is 0 Å². The molecule has 2 rings (SSSR count). The van der Waals surface area contributed by atoms with Gasteiger partial charge in [-0.05, 0) is 47.0 Å². The van der Waals surface area contributed by atoms with Gasteiger partial charge >= 0.3 is 0 Å². The number of benzene rings is 1. The zero-order valence-electron chi connectivity index (χ0n) is 16.1. The summed E-state index contributed by atoms with van der Waals surface area (Å²) < 4.78 is 23.0. The molecule has 0 saturated heterocycles. The highest BCUT2D eigenvalue weighted by atomic mass is 32.2. The van der Waals surface area contributed by atoms with Crippen molar-refractivity contribution >= 4 is 11.8 Å². The van der Waals surface area contributed by atoms with Crippen LogP contribution in [0.25, 0.3) is 11.5 Å². The van der Waals surface area contributed by atoms with E-state index in [2.05, 4.69) is 15.1 Å². The standard InChI is InChI=1S/C18H27N3O4S/c1-6-22-14-11-13(12-15(23-7-2)16(14)24-8-3)17-19-20-18(25-17)26-10-9-21(4)5/h11-12H,6-10H2,1-5H3. The number of hydrogen-bond acceptors (Lipinski definition) is 8. The van der Waals surface area contributed by atoms with Crippen molar-refractivity contribution in [2.75, 3.05) is 46.2 Å². The summed E-state index contributed by atoms with van der Waals surface area (Å²) in [6.45, 7) is 8.27. The summed E-state index contributed by atoms with van der Waals surface area (Å²) in [7, 11) is 4.06. The Hall–Kier alpha value is -1.93. The van der Waals surface area contributed by atoms with Crippen molar-refractivity contribution in [3.8, 4) is 28.7 Å². The lowest BCUT2D eigenvalue weighted by Gasteiger charge is -2.16. The molecule has 0 unspecified atom stereocenters. The predicted octanol–water partition coefficient (Wildman–Crippen LogP) is 3.59. The molecule has 0 N–H and O–H groups in total. The lowest BCUT2D eigenvalue weighted by molar-refractivity contribution is 0.261. The van der Waals surface area contributed by atoms with E-state index in [1.807, 2.05) is 47.0 Å². The Morgan fingerprint density at radius 3 is 2.12 bits per heavy atom. The summed E-state index contributed by atoms with van der Waals surface area (Å²) in [5.74, 6) is 3.12. The third-order valence-corrected chi connectivity index (χ3v) is 4.13. The summed E-state index contributed by atoms with van der Waals surface area (Å²) >= 11 is 1.54. The van der Waals surface area contributed by atoms with Crippen LogP contribution < -0.4 is 14.2 Å². The number of ether oxygens (including phenoxy) is 3. The summed E-state index contributed by atoms with van der Waals surface area (Å²) in [5, 5.41) is 8.82. The zero-order chi connectivity index (χ0) is 18.9. The van der Waals surface area contributed by atoms with E-state index in [9.17, 15) is 0 Å². The topological polar surface area (TPSA) is 69.9 Å². The highest BCUT2D eigenvalue weighted by Gasteiger charge is 2.19. The minimum Gasteiger partial charge on any atom is -0.490 e. The second kappa shape index (κ2) is 10.3. The highest BCUT2D eigenvalue weighted by molar-refractivity contribution is 7.99. The molecule has 7 nitrogen and oxygen atoms in total. The van der Waals surface area contributed by atoms with Gasteiger partial charge in [0.2, 0.25) is 11.6 Å². The molecule has 1 aromatic carbocycles. The van der Waals surface area contributed by atoms with Crippen molar-refractivity contribution < 1.29 is 18.6 Å². The van der Waals surface area contributed by atoms with Gasteiger partial charge in [0.15, 0.2) is 11.5 Å². The third kappa shape index (κ3) is 5.54. The Kier molecular flexibility index (Phi) is 8.06. The molecule has 8 heteroatoms. The van der Waals surface area contributed by atoms with Crippen molar-refractivity contribution in [3.05, 3.63) is 12.1 Å². The Labute approximate surface area is 159 Å². The molecule has 0 bridgehead atoms. The van der Waals surface area contributed by atoms with Gasteiger partial charge in [-0.15, -0.1) is 10.2 Å². The molecular formula is C18H27N3O4S. The number of thioether (sulfide) groups is 1. The minimum atomic E-state index is 0.433. The molecule has 0 spiro atoms. The van der Waals surface area contributed by atoms with E-state index in [1.165, 1.54) is 11.8 Å². The van der Waals surface area contributed by atoms with Crippen LogP contribution in [0.1, 0.15) is 20.8 Å². The highest BCUT2D eigenvalue weighted by Crippen LogP contribution is 2.42. The monoisotopic (exact) mass is 381 g/mol. The van der Waals surface area contributed by atoms with Crippen molar-refractivity contribution in [2.24, 2.45) is 0 Å². The maximum absolute atomic E-state index is 5.79. The van der Waals surface area contributed by atoms with Crippen LogP contribution in [-0.2, 0) is 0 Å². The molecule has 0 radical (unpaired) electrons. The van der Waals surface area contributed by atoms with Crippen LogP contribution in [-0.4, -0.2) is 61.3 Å². The molecule has 0 aliphatic carbocycles. The van der Waals surface area contributed by atoms with Crippen molar-refractivity contribution in [1.82, 2.24) is 15.1 Å². The fourth-order valence-electron chi connectivity index (χ4n) is 2.21. The molecule has 0 aliphatic heterocycles. The van der Waals surface area contributed by atoms with Gasteiger partial charge in [-0.25, -0.2) is 0 Å². The van der Waals surface area contributed by atoms with Crippen LogP contribution in [0.4, 0.5) is 0 Å². The molecule has 1 heterocycles. The van der Waals surface area contributed by atoms with E-state index >= 15 is 0 Å². The minimum absolute atomic E-state index is 0.433. The number of hydrogen-bond donors (Lipinski definition) is 0. The Morgan fingerprint density at radius 2 is 1.58 bits per heavy atom. The lowest BCUT2D eigenvalue weighted by Crippen LogP contribution is -2.14. The predicted molar refractivity (Wildman–Crippen MR) is 103 cm³/mol. The lowest BCUT2D eigenvalue weighted by atomic mass is 10.2. The average molecular weight is 381 g/mol. The summed E-state index contributed by atoms with van der Waals surface area (Å²) in [4.78, 5) is 2.11. The molecule has 0 aliphatic rings. The second-order valence-electron chi connectivity index (χ2n) is 5.63. The molecule has 0 amide bonds. The smallest absolute Gasteiger partial charge is 0.276 e. The van der Waals surface area contributed by atoms with E-state index < -0.39 is 0 Å². The van der Waals surface area contributed by atoms with Gasteiger partial charge in [0.25, 0.3) is 5.22 Å². The first-order valence-corrected chi connectivity index (χ1v) is 9.75. The van der Waals surface area contributed by atoms with Crippen LogP contribution in [0.2, 0.25) is 0 Å². The van der Waals surface area contributed by atoms with E-state index in [0.29, 0.717) is 48.2 Å². The molecule has 144 valence electrons. The van der Waals surface area contributed by atoms with Gasteiger partial charge < -0.3 is 23.5 Å². The van der Waals surface area contributed by atoms with E-state index in [1.54, 1.807) is 0 Å². The molecule has 26 heavy (non-hydrogen) atoms. The third-order valence-electron chi connectivity index (χ3n) is 3.33. The largest absolute Gasteiger partial charge is 0.490 e. The van der Waals surface area contributed by atoms with Gasteiger partial charge in [-0.1, -0.05) is 11.8 Å². The second-order valence-corrected chi connectivity index (χ2v) is 6.67. The first-order chi connectivity index (χ1) is 12.6. The van der Waals surface area contributed by atoms with Crippen molar-refractivity contribution in [1.29, 1.82) is 0 Å².